The molecule has 0 unspecified atom stereocenters. The van der Waals surface area contributed by atoms with Crippen LogP contribution in [-0.4, -0.2) is 46.4 Å². The summed E-state index contributed by atoms with van der Waals surface area (Å²) in [5.41, 5.74) is 0.404. The van der Waals surface area contributed by atoms with Crippen LogP contribution in [-0.2, 0) is 0 Å². The van der Waals surface area contributed by atoms with Crippen molar-refractivity contribution in [1.82, 2.24) is 15.1 Å². The van der Waals surface area contributed by atoms with E-state index in [2.05, 4.69) is 27.5 Å². The van der Waals surface area contributed by atoms with Gasteiger partial charge in [0, 0.05) is 24.2 Å². The molecule has 1 aromatic heterocycles. The Kier molecular flexibility index (Phi) is 4.20. The van der Waals surface area contributed by atoms with Gasteiger partial charge in [-0.15, -0.1) is 10.2 Å². The second-order valence-electron chi connectivity index (χ2n) is 5.69. The third-order valence-electron chi connectivity index (χ3n) is 3.88. The lowest BCUT2D eigenvalue weighted by atomic mass is 10.1. The first-order valence-electron chi connectivity index (χ1n) is 7.40. The SMILES string of the molecule is CN1CCC[C@@H](Nc2cc(F)c(-c3ccccc3O)nn2)C1. The minimum absolute atomic E-state index is 0.00897. The van der Waals surface area contributed by atoms with Crippen LogP contribution in [0.5, 0.6) is 5.75 Å². The first-order valence-corrected chi connectivity index (χ1v) is 7.40. The third kappa shape index (κ3) is 3.17. The fraction of sp³-hybridized carbons (Fsp3) is 0.375. The van der Waals surface area contributed by atoms with Crippen LogP contribution in [0.3, 0.4) is 0 Å². The van der Waals surface area contributed by atoms with Gasteiger partial charge in [-0.1, -0.05) is 12.1 Å². The number of aromatic nitrogens is 2. The van der Waals surface area contributed by atoms with Crippen molar-refractivity contribution in [2.75, 3.05) is 25.5 Å². The summed E-state index contributed by atoms with van der Waals surface area (Å²) in [5, 5.41) is 21.0. The lowest BCUT2D eigenvalue weighted by molar-refractivity contribution is 0.260. The maximum atomic E-state index is 14.3. The molecule has 3 rings (SSSR count). The molecular weight excluding hydrogens is 283 g/mol. The van der Waals surface area contributed by atoms with Gasteiger partial charge in [0.25, 0.3) is 0 Å². The molecule has 0 radical (unpaired) electrons. The molecule has 6 heteroatoms. The molecule has 0 spiro atoms. The van der Waals surface area contributed by atoms with E-state index < -0.39 is 5.82 Å². The number of halogens is 1. The molecule has 1 fully saturated rings. The van der Waals surface area contributed by atoms with Crippen LogP contribution in [0, 0.1) is 5.82 Å². The highest BCUT2D eigenvalue weighted by Crippen LogP contribution is 2.29. The van der Waals surface area contributed by atoms with Crippen molar-refractivity contribution in [3.05, 3.63) is 36.1 Å². The minimum Gasteiger partial charge on any atom is -0.507 e. The molecule has 2 heterocycles. The molecular formula is C16H19FN4O. The molecule has 5 nitrogen and oxygen atoms in total. The number of phenols is 1. The summed E-state index contributed by atoms with van der Waals surface area (Å²) in [7, 11) is 2.07. The zero-order valence-electron chi connectivity index (χ0n) is 12.5. The van der Waals surface area contributed by atoms with Gasteiger partial charge in [-0.3, -0.25) is 0 Å². The lowest BCUT2D eigenvalue weighted by Gasteiger charge is -2.30. The molecule has 2 aromatic rings. The van der Waals surface area contributed by atoms with Crippen molar-refractivity contribution in [2.24, 2.45) is 0 Å². The molecule has 1 aliphatic rings. The molecule has 0 aliphatic carbocycles. The number of benzene rings is 1. The lowest BCUT2D eigenvalue weighted by Crippen LogP contribution is -2.39. The van der Waals surface area contributed by atoms with Crippen LogP contribution in [0.15, 0.2) is 30.3 Å². The van der Waals surface area contributed by atoms with E-state index >= 15 is 0 Å². The molecule has 1 aromatic carbocycles. The maximum Gasteiger partial charge on any atom is 0.155 e. The molecule has 0 bridgehead atoms. The quantitative estimate of drug-likeness (QED) is 0.912. The summed E-state index contributed by atoms with van der Waals surface area (Å²) in [4.78, 5) is 2.24. The number of piperidine rings is 1. The fourth-order valence-corrected chi connectivity index (χ4v) is 2.79. The van der Waals surface area contributed by atoms with Crippen LogP contribution in [0.25, 0.3) is 11.3 Å². The van der Waals surface area contributed by atoms with E-state index in [4.69, 9.17) is 0 Å². The highest BCUT2D eigenvalue weighted by Gasteiger charge is 2.19. The smallest absolute Gasteiger partial charge is 0.155 e. The minimum atomic E-state index is -0.497. The molecule has 1 atom stereocenters. The fourth-order valence-electron chi connectivity index (χ4n) is 2.79. The molecule has 0 saturated carbocycles. The number of likely N-dealkylation sites (N-methyl/N-ethyl adjacent to an activating group) is 1. The monoisotopic (exact) mass is 302 g/mol. The largest absolute Gasteiger partial charge is 0.507 e. The highest BCUT2D eigenvalue weighted by molar-refractivity contribution is 5.67. The van der Waals surface area contributed by atoms with Crippen LogP contribution in [0.4, 0.5) is 10.2 Å². The molecule has 2 N–H and O–H groups in total. The molecule has 22 heavy (non-hydrogen) atoms. The van der Waals surface area contributed by atoms with Crippen LogP contribution in [0.2, 0.25) is 0 Å². The van der Waals surface area contributed by atoms with Crippen LogP contribution < -0.4 is 5.32 Å². The molecule has 116 valence electrons. The molecule has 1 saturated heterocycles. The van der Waals surface area contributed by atoms with Crippen molar-refractivity contribution in [3.8, 4) is 17.0 Å². The summed E-state index contributed by atoms with van der Waals surface area (Å²) in [5.74, 6) is -0.0783. The number of nitrogens with zero attached hydrogens (tertiary/aromatic N) is 3. The summed E-state index contributed by atoms with van der Waals surface area (Å²) >= 11 is 0. The number of nitrogens with one attached hydrogen (secondary N) is 1. The van der Waals surface area contributed by atoms with E-state index in [0.29, 0.717) is 11.4 Å². The first-order chi connectivity index (χ1) is 10.6. The van der Waals surface area contributed by atoms with Crippen LogP contribution >= 0.6 is 0 Å². The van der Waals surface area contributed by atoms with E-state index in [0.717, 1.165) is 25.9 Å². The summed E-state index contributed by atoms with van der Waals surface area (Å²) < 4.78 is 14.3. The molecule has 1 aliphatic heterocycles. The maximum absolute atomic E-state index is 14.3. The van der Waals surface area contributed by atoms with E-state index in [-0.39, 0.29) is 17.5 Å². The molecule has 0 amide bonds. The Morgan fingerprint density at radius 2 is 2.14 bits per heavy atom. The number of aromatic hydroxyl groups is 1. The van der Waals surface area contributed by atoms with Gasteiger partial charge in [0.2, 0.25) is 0 Å². The Labute approximate surface area is 128 Å². The predicted octanol–water partition coefficient (Wildman–Crippen LogP) is 2.49. The average Bonchev–Trinajstić information content (AvgIpc) is 2.49. The van der Waals surface area contributed by atoms with Gasteiger partial charge >= 0.3 is 0 Å². The Balaban J connectivity index is 1.79. The Morgan fingerprint density at radius 1 is 1.32 bits per heavy atom. The van der Waals surface area contributed by atoms with Gasteiger partial charge in [0.15, 0.2) is 11.6 Å². The van der Waals surface area contributed by atoms with Crippen molar-refractivity contribution >= 4 is 5.82 Å². The summed E-state index contributed by atoms with van der Waals surface area (Å²) in [6, 6.07) is 8.11. The number of rotatable bonds is 3. The van der Waals surface area contributed by atoms with Gasteiger partial charge < -0.3 is 15.3 Å². The third-order valence-corrected chi connectivity index (χ3v) is 3.88. The number of likely N-dealkylation sites (tertiary alicyclic amines) is 1. The topological polar surface area (TPSA) is 61.3 Å². The van der Waals surface area contributed by atoms with E-state index in [1.54, 1.807) is 18.2 Å². The van der Waals surface area contributed by atoms with Gasteiger partial charge in [0.05, 0.1) is 0 Å². The highest BCUT2D eigenvalue weighted by atomic mass is 19.1. The van der Waals surface area contributed by atoms with E-state index in [1.807, 2.05) is 0 Å². The predicted molar refractivity (Wildman–Crippen MR) is 83.2 cm³/mol. The number of hydrogen-bond acceptors (Lipinski definition) is 5. The second kappa shape index (κ2) is 6.27. The van der Waals surface area contributed by atoms with Gasteiger partial charge in [-0.2, -0.15) is 0 Å². The van der Waals surface area contributed by atoms with Crippen molar-refractivity contribution < 1.29 is 9.50 Å². The van der Waals surface area contributed by atoms with Gasteiger partial charge in [-0.05, 0) is 38.6 Å². The normalized spacial score (nSPS) is 19.1. The number of hydrogen-bond donors (Lipinski definition) is 2. The first kappa shape index (κ1) is 14.7. The van der Waals surface area contributed by atoms with Crippen molar-refractivity contribution in [3.63, 3.8) is 0 Å². The summed E-state index contributed by atoms with van der Waals surface area (Å²) in [6.45, 7) is 2.00. The number of para-hydroxylation sites is 1. The van der Waals surface area contributed by atoms with Crippen molar-refractivity contribution in [2.45, 2.75) is 18.9 Å². The zero-order valence-corrected chi connectivity index (χ0v) is 12.5. The van der Waals surface area contributed by atoms with Gasteiger partial charge in [-0.25, -0.2) is 4.39 Å². The van der Waals surface area contributed by atoms with Crippen molar-refractivity contribution in [1.29, 1.82) is 0 Å². The second-order valence-corrected chi connectivity index (χ2v) is 5.69. The Bertz CT molecular complexity index is 664. The standard InChI is InChI=1S/C16H19FN4O/c1-21-8-4-5-11(10-21)18-15-9-13(17)16(20-19-15)12-6-2-3-7-14(12)22/h2-3,6-7,9,11,22H,4-5,8,10H2,1H3,(H,18,19)/t11-/m1/s1. The number of anilines is 1. The van der Waals surface area contributed by atoms with E-state index in [1.165, 1.54) is 12.1 Å². The average molecular weight is 302 g/mol. The van der Waals surface area contributed by atoms with Gasteiger partial charge in [0.1, 0.15) is 11.4 Å². The zero-order chi connectivity index (χ0) is 15.5. The Morgan fingerprint density at radius 3 is 2.86 bits per heavy atom. The Hall–Kier alpha value is -2.21. The number of phenolic OH excluding ortho intramolecular Hbond substituents is 1. The van der Waals surface area contributed by atoms with Crippen LogP contribution in [0.1, 0.15) is 12.8 Å². The summed E-state index contributed by atoms with van der Waals surface area (Å²) in [6.07, 6.45) is 2.15. The van der Waals surface area contributed by atoms with E-state index in [9.17, 15) is 9.50 Å².